The Kier molecular flexibility index (Phi) is 5.08. The van der Waals surface area contributed by atoms with E-state index in [-0.39, 0.29) is 12.5 Å². The second-order valence-corrected chi connectivity index (χ2v) is 7.50. The monoisotopic (exact) mass is 360 g/mol. The first-order valence-corrected chi connectivity index (χ1v) is 8.99. The van der Waals surface area contributed by atoms with E-state index in [2.05, 4.69) is 18.3 Å². The number of thiophene rings is 1. The molecular formula is C18H17ClN2O2S. The van der Waals surface area contributed by atoms with Gasteiger partial charge in [0, 0.05) is 9.90 Å². The Morgan fingerprint density at radius 3 is 2.92 bits per heavy atom. The van der Waals surface area contributed by atoms with Crippen LogP contribution in [0.25, 0.3) is 0 Å². The molecule has 6 heteroatoms. The average Bonchev–Trinajstić information content (AvgIpc) is 2.90. The molecular weight excluding hydrogens is 344 g/mol. The number of benzene rings is 1. The Bertz CT molecular complexity index is 793. The number of rotatable bonds is 4. The van der Waals surface area contributed by atoms with Gasteiger partial charge in [-0.15, -0.1) is 11.3 Å². The van der Waals surface area contributed by atoms with E-state index in [4.69, 9.17) is 16.3 Å². The van der Waals surface area contributed by atoms with Gasteiger partial charge < -0.3 is 10.1 Å². The van der Waals surface area contributed by atoms with Crippen molar-refractivity contribution in [1.29, 1.82) is 5.26 Å². The summed E-state index contributed by atoms with van der Waals surface area (Å²) in [4.78, 5) is 13.4. The van der Waals surface area contributed by atoms with Gasteiger partial charge in [-0.3, -0.25) is 4.79 Å². The van der Waals surface area contributed by atoms with Crippen molar-refractivity contribution in [3.05, 3.63) is 45.3 Å². The summed E-state index contributed by atoms with van der Waals surface area (Å²) in [5.74, 6) is 0.887. The minimum absolute atomic E-state index is 0.106. The van der Waals surface area contributed by atoms with Gasteiger partial charge >= 0.3 is 0 Å². The summed E-state index contributed by atoms with van der Waals surface area (Å²) in [5.41, 5.74) is 1.72. The molecule has 0 saturated heterocycles. The maximum atomic E-state index is 12.1. The van der Waals surface area contributed by atoms with Crippen molar-refractivity contribution in [1.82, 2.24) is 0 Å². The fraction of sp³-hybridized carbons (Fsp3) is 0.333. The number of hydrogen-bond donors (Lipinski definition) is 1. The van der Waals surface area contributed by atoms with Gasteiger partial charge in [0.05, 0.1) is 5.56 Å². The lowest BCUT2D eigenvalue weighted by atomic mass is 9.88. The lowest BCUT2D eigenvalue weighted by molar-refractivity contribution is -0.118. The summed E-state index contributed by atoms with van der Waals surface area (Å²) in [5, 5.41) is 13.5. The topological polar surface area (TPSA) is 62.1 Å². The van der Waals surface area contributed by atoms with E-state index in [1.807, 2.05) is 0 Å². The van der Waals surface area contributed by atoms with E-state index in [9.17, 15) is 10.1 Å². The number of carbonyl (C=O) groups is 1. The van der Waals surface area contributed by atoms with Gasteiger partial charge in [-0.05, 0) is 55.0 Å². The number of fused-ring (bicyclic) bond motifs is 1. The Morgan fingerprint density at radius 2 is 2.21 bits per heavy atom. The van der Waals surface area contributed by atoms with E-state index in [1.54, 1.807) is 24.3 Å². The number of ether oxygens (including phenoxy) is 1. The number of nitrogens with zero attached hydrogens (tertiary/aromatic N) is 1. The molecule has 1 aliphatic rings. The number of nitrogens with one attached hydrogen (secondary N) is 1. The molecule has 0 bridgehead atoms. The molecule has 24 heavy (non-hydrogen) atoms. The third-order valence-electron chi connectivity index (χ3n) is 4.06. The second kappa shape index (κ2) is 7.25. The standard InChI is InChI=1S/C18H17ClN2O2S/c1-11-2-7-16-14(8-11)15(9-20)18(24-16)21-17(22)10-23-13-5-3-12(19)4-6-13/h3-6,11H,2,7-8,10H2,1H3,(H,21,22). The van der Waals surface area contributed by atoms with Crippen LogP contribution in [0.1, 0.15) is 29.3 Å². The van der Waals surface area contributed by atoms with Crippen molar-refractivity contribution in [2.45, 2.75) is 26.2 Å². The average molecular weight is 361 g/mol. The van der Waals surface area contributed by atoms with Crippen molar-refractivity contribution < 1.29 is 9.53 Å². The fourth-order valence-corrected chi connectivity index (χ4v) is 4.14. The molecule has 1 atom stereocenters. The van der Waals surface area contributed by atoms with Gasteiger partial charge in [-0.2, -0.15) is 5.26 Å². The van der Waals surface area contributed by atoms with Gasteiger partial charge in [-0.25, -0.2) is 0 Å². The van der Waals surface area contributed by atoms with E-state index in [0.717, 1.165) is 24.8 Å². The molecule has 3 rings (SSSR count). The lowest BCUT2D eigenvalue weighted by Crippen LogP contribution is -2.20. The van der Waals surface area contributed by atoms with Gasteiger partial charge in [0.25, 0.3) is 5.91 Å². The molecule has 0 aliphatic heterocycles. The lowest BCUT2D eigenvalue weighted by Gasteiger charge is -2.17. The summed E-state index contributed by atoms with van der Waals surface area (Å²) >= 11 is 7.32. The highest BCUT2D eigenvalue weighted by atomic mass is 35.5. The van der Waals surface area contributed by atoms with Gasteiger partial charge in [-0.1, -0.05) is 18.5 Å². The van der Waals surface area contributed by atoms with E-state index < -0.39 is 0 Å². The number of amides is 1. The highest BCUT2D eigenvalue weighted by Crippen LogP contribution is 2.39. The number of halogens is 1. The first kappa shape index (κ1) is 16.8. The molecule has 1 N–H and O–H groups in total. The largest absolute Gasteiger partial charge is 0.484 e. The van der Waals surface area contributed by atoms with Crippen molar-refractivity contribution in [2.75, 3.05) is 11.9 Å². The number of hydrogen-bond acceptors (Lipinski definition) is 4. The van der Waals surface area contributed by atoms with E-state index >= 15 is 0 Å². The minimum Gasteiger partial charge on any atom is -0.484 e. The zero-order chi connectivity index (χ0) is 17.1. The maximum absolute atomic E-state index is 12.1. The molecule has 1 heterocycles. The van der Waals surface area contributed by atoms with Crippen molar-refractivity contribution in [3.63, 3.8) is 0 Å². The van der Waals surface area contributed by atoms with Crippen LogP contribution >= 0.6 is 22.9 Å². The quantitative estimate of drug-likeness (QED) is 0.878. The summed E-state index contributed by atoms with van der Waals surface area (Å²) in [6.45, 7) is 2.09. The molecule has 1 unspecified atom stereocenters. The molecule has 4 nitrogen and oxygen atoms in total. The molecule has 0 saturated carbocycles. The summed E-state index contributed by atoms with van der Waals surface area (Å²) < 4.78 is 5.44. The van der Waals surface area contributed by atoms with Crippen LogP contribution in [-0.4, -0.2) is 12.5 Å². The summed E-state index contributed by atoms with van der Waals surface area (Å²) in [6.07, 6.45) is 3.02. The Morgan fingerprint density at radius 1 is 1.46 bits per heavy atom. The molecule has 1 aromatic heterocycles. The molecule has 1 amide bonds. The fourth-order valence-electron chi connectivity index (χ4n) is 2.81. The van der Waals surface area contributed by atoms with Crippen molar-refractivity contribution in [3.8, 4) is 11.8 Å². The zero-order valence-corrected chi connectivity index (χ0v) is 14.8. The molecule has 2 aromatic rings. The van der Waals surface area contributed by atoms with Crippen molar-refractivity contribution >= 4 is 33.8 Å². The molecule has 0 fully saturated rings. The summed E-state index contributed by atoms with van der Waals surface area (Å²) in [6, 6.07) is 9.08. The van der Waals surface area contributed by atoms with Crippen LogP contribution in [0, 0.1) is 17.2 Å². The van der Waals surface area contributed by atoms with Gasteiger partial charge in [0.15, 0.2) is 6.61 Å². The predicted octanol–water partition coefficient (Wildman–Crippen LogP) is 4.42. The highest BCUT2D eigenvalue weighted by molar-refractivity contribution is 7.16. The Balaban J connectivity index is 1.66. The third-order valence-corrected chi connectivity index (χ3v) is 5.52. The first-order chi connectivity index (χ1) is 11.6. The number of anilines is 1. The molecule has 0 spiro atoms. The predicted molar refractivity (Wildman–Crippen MR) is 95.8 cm³/mol. The van der Waals surface area contributed by atoms with Crippen LogP contribution in [0.15, 0.2) is 24.3 Å². The number of aryl methyl sites for hydroxylation is 1. The zero-order valence-electron chi connectivity index (χ0n) is 13.3. The SMILES string of the molecule is CC1CCc2sc(NC(=O)COc3ccc(Cl)cc3)c(C#N)c2C1. The van der Waals surface area contributed by atoms with Crippen LogP contribution in [-0.2, 0) is 17.6 Å². The van der Waals surface area contributed by atoms with E-state index in [1.165, 1.54) is 16.2 Å². The van der Waals surface area contributed by atoms with Crippen LogP contribution in [0.4, 0.5) is 5.00 Å². The van der Waals surface area contributed by atoms with Crippen LogP contribution in [0.3, 0.4) is 0 Å². The number of nitriles is 1. The van der Waals surface area contributed by atoms with Crippen LogP contribution < -0.4 is 10.1 Å². The highest BCUT2D eigenvalue weighted by Gasteiger charge is 2.24. The van der Waals surface area contributed by atoms with E-state index in [0.29, 0.717) is 27.3 Å². The van der Waals surface area contributed by atoms with Gasteiger partial charge in [0.2, 0.25) is 0 Å². The molecule has 0 radical (unpaired) electrons. The third kappa shape index (κ3) is 3.72. The molecule has 124 valence electrons. The molecule has 1 aromatic carbocycles. The van der Waals surface area contributed by atoms with Crippen molar-refractivity contribution in [2.24, 2.45) is 5.92 Å². The first-order valence-electron chi connectivity index (χ1n) is 7.79. The second-order valence-electron chi connectivity index (χ2n) is 5.96. The normalized spacial score (nSPS) is 16.1. The van der Waals surface area contributed by atoms with Gasteiger partial charge in [0.1, 0.15) is 16.8 Å². The van der Waals surface area contributed by atoms with Crippen LogP contribution in [0.2, 0.25) is 5.02 Å². The Hall–Kier alpha value is -2.03. The smallest absolute Gasteiger partial charge is 0.262 e. The Labute approximate surface area is 150 Å². The minimum atomic E-state index is -0.270. The maximum Gasteiger partial charge on any atom is 0.262 e. The van der Waals surface area contributed by atoms with Crippen LogP contribution in [0.5, 0.6) is 5.75 Å². The summed E-state index contributed by atoms with van der Waals surface area (Å²) in [7, 11) is 0. The molecule has 1 aliphatic carbocycles. The number of carbonyl (C=O) groups excluding carboxylic acids is 1.